The maximum Gasteiger partial charge on any atom is 0.340 e. The molecule has 5 heteroatoms. The van der Waals surface area contributed by atoms with Crippen molar-refractivity contribution in [2.45, 2.75) is 13.5 Å². The van der Waals surface area contributed by atoms with E-state index >= 15 is 0 Å². The summed E-state index contributed by atoms with van der Waals surface area (Å²) in [5.41, 5.74) is 6.15. The average Bonchev–Trinajstić information content (AvgIpc) is 2.27. The molecule has 0 aliphatic carbocycles. The summed E-state index contributed by atoms with van der Waals surface area (Å²) in [5.74, 6) is -0.833. The van der Waals surface area contributed by atoms with Crippen molar-refractivity contribution >= 4 is 16.9 Å². The number of rotatable bonds is 1. The number of carboxylic acids is 1. The fraction of sp³-hybridized carbons (Fsp3) is 0.167. The van der Waals surface area contributed by atoms with E-state index in [4.69, 9.17) is 20.1 Å². The molecule has 5 nitrogen and oxygen atoms in total. The van der Waals surface area contributed by atoms with Crippen LogP contribution in [0.2, 0.25) is 0 Å². The van der Waals surface area contributed by atoms with Crippen LogP contribution >= 0.6 is 0 Å². The summed E-state index contributed by atoms with van der Waals surface area (Å²) < 4.78 is 5.05. The number of carbonyl (C=O) groups is 1. The van der Waals surface area contributed by atoms with Gasteiger partial charge in [0, 0.05) is 18.9 Å². The number of nitrogens with two attached hydrogens (primary N) is 1. The molecule has 0 bridgehead atoms. The summed E-state index contributed by atoms with van der Waals surface area (Å²) in [4.78, 5) is 20.2. The van der Waals surface area contributed by atoms with Gasteiger partial charge >= 0.3 is 5.63 Å². The Morgan fingerprint density at radius 2 is 2.00 bits per heavy atom. The van der Waals surface area contributed by atoms with Crippen molar-refractivity contribution in [3.8, 4) is 0 Å². The van der Waals surface area contributed by atoms with Gasteiger partial charge in [-0.15, -0.1) is 0 Å². The molecule has 0 spiro atoms. The first-order valence-corrected chi connectivity index (χ1v) is 4.96. The van der Waals surface area contributed by atoms with E-state index in [-0.39, 0.29) is 12.2 Å². The van der Waals surface area contributed by atoms with Crippen LogP contribution in [-0.2, 0) is 11.3 Å². The maximum atomic E-state index is 11.2. The predicted octanol–water partition coefficient (Wildman–Crippen LogP) is 1.34. The second-order valence-corrected chi connectivity index (χ2v) is 3.32. The van der Waals surface area contributed by atoms with Gasteiger partial charge in [-0.1, -0.05) is 18.2 Å². The lowest BCUT2D eigenvalue weighted by atomic mass is 10.2. The molecular weight excluding hydrogens is 222 g/mol. The van der Waals surface area contributed by atoms with Crippen molar-refractivity contribution in [2.24, 2.45) is 5.73 Å². The van der Waals surface area contributed by atoms with Crippen LogP contribution in [0.15, 0.2) is 39.5 Å². The molecule has 0 saturated carbocycles. The fourth-order valence-corrected chi connectivity index (χ4v) is 1.25. The van der Waals surface area contributed by atoms with Gasteiger partial charge < -0.3 is 15.3 Å². The van der Waals surface area contributed by atoms with Crippen molar-refractivity contribution in [1.82, 2.24) is 0 Å². The molecule has 0 amide bonds. The van der Waals surface area contributed by atoms with Crippen LogP contribution in [0.1, 0.15) is 12.5 Å². The number of para-hydroxylation sites is 1. The average molecular weight is 235 g/mol. The second kappa shape index (κ2) is 5.81. The SMILES string of the molecule is CC(=O)O.NCc1cc2ccccc2oc1=O. The Morgan fingerprint density at radius 1 is 1.41 bits per heavy atom. The lowest BCUT2D eigenvalue weighted by molar-refractivity contribution is -0.134. The number of hydrogen-bond acceptors (Lipinski definition) is 4. The third-order valence-corrected chi connectivity index (χ3v) is 1.93. The highest BCUT2D eigenvalue weighted by atomic mass is 16.4. The molecule has 3 N–H and O–H groups in total. The van der Waals surface area contributed by atoms with E-state index in [0.717, 1.165) is 12.3 Å². The molecule has 2 rings (SSSR count). The van der Waals surface area contributed by atoms with Gasteiger partial charge in [-0.05, 0) is 12.1 Å². The van der Waals surface area contributed by atoms with Gasteiger partial charge in [0.1, 0.15) is 5.58 Å². The van der Waals surface area contributed by atoms with Gasteiger partial charge in [0.25, 0.3) is 5.97 Å². The summed E-state index contributed by atoms with van der Waals surface area (Å²) in [5, 5.41) is 8.32. The van der Waals surface area contributed by atoms with Gasteiger partial charge in [0.05, 0.1) is 5.56 Å². The lowest BCUT2D eigenvalue weighted by Gasteiger charge is -1.97. The molecule has 1 heterocycles. The van der Waals surface area contributed by atoms with Crippen molar-refractivity contribution in [2.75, 3.05) is 0 Å². The molecule has 1 aromatic carbocycles. The Balaban J connectivity index is 0.000000317. The molecule has 0 aliphatic heterocycles. The number of benzene rings is 1. The zero-order valence-electron chi connectivity index (χ0n) is 9.34. The zero-order valence-corrected chi connectivity index (χ0v) is 9.34. The Morgan fingerprint density at radius 3 is 2.59 bits per heavy atom. The van der Waals surface area contributed by atoms with Crippen LogP contribution in [-0.4, -0.2) is 11.1 Å². The third kappa shape index (κ3) is 3.73. The Kier molecular flexibility index (Phi) is 4.42. The fourth-order valence-electron chi connectivity index (χ4n) is 1.25. The number of aliphatic carboxylic acids is 1. The van der Waals surface area contributed by atoms with Crippen LogP contribution in [0.25, 0.3) is 11.0 Å². The molecule has 0 radical (unpaired) electrons. The van der Waals surface area contributed by atoms with E-state index in [9.17, 15) is 4.79 Å². The first-order valence-electron chi connectivity index (χ1n) is 4.96. The van der Waals surface area contributed by atoms with Gasteiger partial charge in [0.2, 0.25) is 0 Å². The highest BCUT2D eigenvalue weighted by Crippen LogP contribution is 2.11. The molecule has 1 aromatic heterocycles. The summed E-state index contributed by atoms with van der Waals surface area (Å²) in [6.07, 6.45) is 0. The van der Waals surface area contributed by atoms with E-state index in [1.165, 1.54) is 0 Å². The van der Waals surface area contributed by atoms with Crippen LogP contribution in [0.3, 0.4) is 0 Å². The van der Waals surface area contributed by atoms with Crippen molar-refractivity contribution < 1.29 is 14.3 Å². The van der Waals surface area contributed by atoms with E-state index in [0.29, 0.717) is 11.1 Å². The molecule has 0 unspecified atom stereocenters. The molecule has 17 heavy (non-hydrogen) atoms. The van der Waals surface area contributed by atoms with E-state index in [1.54, 1.807) is 12.1 Å². The topological polar surface area (TPSA) is 93.5 Å². The first kappa shape index (κ1) is 12.9. The predicted molar refractivity (Wildman–Crippen MR) is 63.7 cm³/mol. The largest absolute Gasteiger partial charge is 0.481 e. The zero-order chi connectivity index (χ0) is 12.8. The second-order valence-electron chi connectivity index (χ2n) is 3.32. The molecule has 0 saturated heterocycles. The molecule has 0 fully saturated rings. The van der Waals surface area contributed by atoms with Gasteiger partial charge in [0.15, 0.2) is 0 Å². The van der Waals surface area contributed by atoms with Crippen molar-refractivity contribution in [1.29, 1.82) is 0 Å². The smallest absolute Gasteiger partial charge is 0.340 e. The van der Waals surface area contributed by atoms with Crippen LogP contribution < -0.4 is 11.4 Å². The molecule has 0 aliphatic rings. The van der Waals surface area contributed by atoms with Crippen LogP contribution in [0.4, 0.5) is 0 Å². The minimum absolute atomic E-state index is 0.215. The summed E-state index contributed by atoms with van der Waals surface area (Å²) in [6, 6.07) is 9.13. The number of fused-ring (bicyclic) bond motifs is 1. The Bertz CT molecular complexity index is 570. The van der Waals surface area contributed by atoms with Crippen molar-refractivity contribution in [3.63, 3.8) is 0 Å². The molecule has 90 valence electrons. The van der Waals surface area contributed by atoms with Gasteiger partial charge in [-0.2, -0.15) is 0 Å². The van der Waals surface area contributed by atoms with Crippen LogP contribution in [0, 0.1) is 0 Å². The summed E-state index contributed by atoms with van der Waals surface area (Å²) in [6.45, 7) is 1.30. The van der Waals surface area contributed by atoms with Crippen molar-refractivity contribution in [3.05, 3.63) is 46.3 Å². The molecule has 2 aromatic rings. The number of carboxylic acid groups (broad SMARTS) is 1. The normalized spacial score (nSPS) is 9.53. The lowest BCUT2D eigenvalue weighted by Crippen LogP contribution is -2.11. The minimum atomic E-state index is -0.833. The van der Waals surface area contributed by atoms with Gasteiger partial charge in [-0.25, -0.2) is 4.79 Å². The maximum absolute atomic E-state index is 11.2. The molecule has 0 atom stereocenters. The van der Waals surface area contributed by atoms with E-state index in [2.05, 4.69) is 0 Å². The van der Waals surface area contributed by atoms with Gasteiger partial charge in [-0.3, -0.25) is 4.79 Å². The first-order chi connectivity index (χ1) is 8.04. The quantitative estimate of drug-likeness (QED) is 0.727. The van der Waals surface area contributed by atoms with E-state index < -0.39 is 5.97 Å². The number of hydrogen-bond donors (Lipinski definition) is 2. The highest BCUT2D eigenvalue weighted by molar-refractivity contribution is 5.76. The minimum Gasteiger partial charge on any atom is -0.481 e. The third-order valence-electron chi connectivity index (χ3n) is 1.93. The van der Waals surface area contributed by atoms with Crippen LogP contribution in [0.5, 0.6) is 0 Å². The Labute approximate surface area is 97.5 Å². The highest BCUT2D eigenvalue weighted by Gasteiger charge is 2.01. The standard InChI is InChI=1S/C10H9NO2.C2H4O2/c11-6-8-5-7-3-1-2-4-9(7)13-10(8)12;1-2(3)4/h1-5H,6,11H2;1H3,(H,3,4). The molecular formula is C12H13NO4. The summed E-state index contributed by atoms with van der Waals surface area (Å²) in [7, 11) is 0. The monoisotopic (exact) mass is 235 g/mol. The Hall–Kier alpha value is -2.14. The van der Waals surface area contributed by atoms with E-state index in [1.807, 2.05) is 18.2 Å². The summed E-state index contributed by atoms with van der Waals surface area (Å²) >= 11 is 0.